The lowest BCUT2D eigenvalue weighted by molar-refractivity contribution is -0.140. The van der Waals surface area contributed by atoms with E-state index < -0.39 is 17.7 Å². The maximum absolute atomic E-state index is 13.6. The number of methoxy groups -OCH3 is 3. The van der Waals surface area contributed by atoms with Gasteiger partial charge in [-0.2, -0.15) is 0 Å². The average molecular weight is 581 g/mol. The highest BCUT2D eigenvalue weighted by Crippen LogP contribution is 2.46. The Bertz CT molecular complexity index is 1640. The van der Waals surface area contributed by atoms with Crippen molar-refractivity contribution in [1.29, 1.82) is 0 Å². The first-order chi connectivity index (χ1) is 20.9. The molecule has 0 spiro atoms. The third-order valence-corrected chi connectivity index (χ3v) is 7.43. The van der Waals surface area contributed by atoms with Gasteiger partial charge in [-0.15, -0.1) is 0 Å². The van der Waals surface area contributed by atoms with Crippen LogP contribution < -0.4 is 18.9 Å². The van der Waals surface area contributed by atoms with Gasteiger partial charge in [-0.3, -0.25) is 14.6 Å². The van der Waals surface area contributed by atoms with Crippen molar-refractivity contribution < 1.29 is 33.6 Å². The number of likely N-dealkylation sites (tertiary alicyclic amines) is 1. The number of aliphatic hydroxyl groups is 1. The number of benzene rings is 3. The highest BCUT2D eigenvalue weighted by Gasteiger charge is 2.46. The number of Topliss-reactive ketones (excluding diaryl/α,β-unsaturated/α-hetero) is 1. The van der Waals surface area contributed by atoms with Crippen molar-refractivity contribution in [1.82, 2.24) is 9.88 Å². The van der Waals surface area contributed by atoms with Crippen LogP contribution in [0.4, 0.5) is 0 Å². The largest absolute Gasteiger partial charge is 0.507 e. The van der Waals surface area contributed by atoms with Crippen LogP contribution in [0.2, 0.25) is 0 Å². The molecule has 0 saturated carbocycles. The Morgan fingerprint density at radius 3 is 2.14 bits per heavy atom. The number of ketones is 1. The zero-order valence-corrected chi connectivity index (χ0v) is 24.4. The van der Waals surface area contributed by atoms with Crippen LogP contribution in [0.15, 0.2) is 90.8 Å². The van der Waals surface area contributed by atoms with Crippen LogP contribution >= 0.6 is 0 Å². The second-order valence-corrected chi connectivity index (χ2v) is 9.98. The van der Waals surface area contributed by atoms with Crippen LogP contribution in [-0.2, 0) is 22.7 Å². The molecule has 1 amide bonds. The van der Waals surface area contributed by atoms with Gasteiger partial charge in [0.25, 0.3) is 11.7 Å². The van der Waals surface area contributed by atoms with Crippen molar-refractivity contribution in [2.45, 2.75) is 26.1 Å². The third kappa shape index (κ3) is 5.88. The van der Waals surface area contributed by atoms with Crippen molar-refractivity contribution >= 4 is 17.4 Å². The van der Waals surface area contributed by atoms with E-state index in [2.05, 4.69) is 4.98 Å². The Hall–Kier alpha value is -5.31. The van der Waals surface area contributed by atoms with Crippen molar-refractivity contribution in [3.63, 3.8) is 0 Å². The maximum Gasteiger partial charge on any atom is 0.295 e. The number of aryl methyl sites for hydroxylation is 1. The number of carbonyl (C=O) groups excluding carboxylic acids is 2. The first-order valence-electron chi connectivity index (χ1n) is 13.6. The number of hydrogen-bond donors (Lipinski definition) is 1. The molecule has 0 bridgehead atoms. The molecule has 0 aliphatic carbocycles. The fourth-order valence-corrected chi connectivity index (χ4v) is 5.13. The standard InChI is InChI=1S/C34H32N2O7/c1-21-7-5-6-8-24(21)20-43-26-11-9-23(10-12-26)31(37)29-30(25-17-27(40-2)33(42-4)28(18-25)41-3)36(34(39)32(29)38)19-22-13-15-35-16-14-22/h5-18,30,37H,19-20H2,1-4H3/b31-29+. The molecule has 2 heterocycles. The van der Waals surface area contributed by atoms with Crippen LogP contribution in [-0.4, -0.2) is 48.0 Å². The second-order valence-electron chi connectivity index (χ2n) is 9.98. The molecule has 1 aromatic heterocycles. The summed E-state index contributed by atoms with van der Waals surface area (Å²) in [6.45, 7) is 2.52. The van der Waals surface area contributed by atoms with E-state index >= 15 is 0 Å². The molecule has 1 saturated heterocycles. The molecule has 5 rings (SSSR count). The zero-order chi connectivity index (χ0) is 30.5. The molecule has 220 valence electrons. The molecule has 1 aliphatic heterocycles. The topological polar surface area (TPSA) is 107 Å². The van der Waals surface area contributed by atoms with Gasteiger partial charge in [-0.05, 0) is 77.7 Å². The SMILES string of the molecule is COc1cc(C2/C(=C(\O)c3ccc(OCc4ccccc4C)cc3)C(=O)C(=O)N2Cc2ccncc2)cc(OC)c1OC. The third-order valence-electron chi connectivity index (χ3n) is 7.43. The average Bonchev–Trinajstić information content (AvgIpc) is 3.29. The van der Waals surface area contributed by atoms with Gasteiger partial charge in [0, 0.05) is 24.5 Å². The quantitative estimate of drug-likeness (QED) is 0.146. The summed E-state index contributed by atoms with van der Waals surface area (Å²) in [4.78, 5) is 32.5. The van der Waals surface area contributed by atoms with Crippen LogP contribution in [0.3, 0.4) is 0 Å². The minimum atomic E-state index is -0.946. The molecule has 1 unspecified atom stereocenters. The highest BCUT2D eigenvalue weighted by molar-refractivity contribution is 6.46. The Morgan fingerprint density at radius 1 is 0.884 bits per heavy atom. The Kier molecular flexibility index (Phi) is 8.61. The van der Waals surface area contributed by atoms with Crippen molar-refractivity contribution in [2.24, 2.45) is 0 Å². The van der Waals surface area contributed by atoms with Gasteiger partial charge in [0.2, 0.25) is 5.75 Å². The van der Waals surface area contributed by atoms with Gasteiger partial charge in [-0.1, -0.05) is 24.3 Å². The number of nitrogens with zero attached hydrogens (tertiary/aromatic N) is 2. The molecule has 43 heavy (non-hydrogen) atoms. The van der Waals surface area contributed by atoms with Crippen molar-refractivity contribution in [3.05, 3.63) is 119 Å². The summed E-state index contributed by atoms with van der Waals surface area (Å²) >= 11 is 0. The van der Waals surface area contributed by atoms with Gasteiger partial charge in [0.1, 0.15) is 18.1 Å². The molecule has 0 radical (unpaired) electrons. The van der Waals surface area contributed by atoms with Gasteiger partial charge in [0.05, 0.1) is 32.9 Å². The number of aliphatic hydroxyl groups excluding tert-OH is 1. The molecule has 1 fully saturated rings. The maximum atomic E-state index is 13.6. The number of carbonyl (C=O) groups is 2. The molecule has 4 aromatic rings. The minimum Gasteiger partial charge on any atom is -0.507 e. The molecule has 9 nitrogen and oxygen atoms in total. The first-order valence-corrected chi connectivity index (χ1v) is 13.6. The van der Waals surface area contributed by atoms with Gasteiger partial charge >= 0.3 is 0 Å². The van der Waals surface area contributed by atoms with E-state index in [1.165, 1.54) is 26.2 Å². The minimum absolute atomic E-state index is 0.0538. The van der Waals surface area contributed by atoms with E-state index in [4.69, 9.17) is 18.9 Å². The lowest BCUT2D eigenvalue weighted by atomic mass is 9.94. The van der Waals surface area contributed by atoms with E-state index in [1.54, 1.807) is 60.9 Å². The molecular weight excluding hydrogens is 548 g/mol. The zero-order valence-electron chi connectivity index (χ0n) is 24.4. The normalized spacial score (nSPS) is 15.8. The Morgan fingerprint density at radius 2 is 1.53 bits per heavy atom. The lowest BCUT2D eigenvalue weighted by Crippen LogP contribution is -2.29. The summed E-state index contributed by atoms with van der Waals surface area (Å²) in [5.74, 6) is -0.191. The van der Waals surface area contributed by atoms with Crippen LogP contribution in [0.25, 0.3) is 5.76 Å². The van der Waals surface area contributed by atoms with Crippen LogP contribution in [0.1, 0.15) is 33.9 Å². The number of aromatic nitrogens is 1. The molecule has 9 heteroatoms. The van der Waals surface area contributed by atoms with E-state index in [1.807, 2.05) is 31.2 Å². The summed E-state index contributed by atoms with van der Waals surface area (Å²) in [7, 11) is 4.46. The first kappa shape index (κ1) is 29.2. The second kappa shape index (κ2) is 12.7. The number of ether oxygens (including phenoxy) is 4. The van der Waals surface area contributed by atoms with E-state index in [-0.39, 0.29) is 17.9 Å². The fourth-order valence-electron chi connectivity index (χ4n) is 5.13. The monoisotopic (exact) mass is 580 g/mol. The molecule has 3 aromatic carbocycles. The van der Waals surface area contributed by atoms with Gasteiger partial charge in [-0.25, -0.2) is 0 Å². The Labute approximate surface area is 249 Å². The van der Waals surface area contributed by atoms with E-state index in [9.17, 15) is 14.7 Å². The lowest BCUT2D eigenvalue weighted by Gasteiger charge is -2.26. The highest BCUT2D eigenvalue weighted by atomic mass is 16.5. The summed E-state index contributed by atoms with van der Waals surface area (Å²) in [5, 5.41) is 11.6. The van der Waals surface area contributed by atoms with Crippen LogP contribution in [0, 0.1) is 6.92 Å². The number of amides is 1. The number of pyridine rings is 1. The number of hydrogen-bond acceptors (Lipinski definition) is 8. The predicted molar refractivity (Wildman–Crippen MR) is 160 cm³/mol. The molecule has 1 N–H and O–H groups in total. The molecule has 1 atom stereocenters. The van der Waals surface area contributed by atoms with Gasteiger partial charge < -0.3 is 29.0 Å². The Balaban J connectivity index is 1.56. The molecule has 1 aliphatic rings. The smallest absolute Gasteiger partial charge is 0.295 e. The van der Waals surface area contributed by atoms with E-state index in [0.29, 0.717) is 40.7 Å². The molecular formula is C34H32N2O7. The predicted octanol–water partition coefficient (Wildman–Crippen LogP) is 5.62. The number of rotatable bonds is 10. The van der Waals surface area contributed by atoms with Gasteiger partial charge in [0.15, 0.2) is 11.5 Å². The summed E-state index contributed by atoms with van der Waals surface area (Å²) in [6.07, 6.45) is 3.23. The van der Waals surface area contributed by atoms with E-state index in [0.717, 1.165) is 16.7 Å². The van der Waals surface area contributed by atoms with Crippen molar-refractivity contribution in [3.8, 4) is 23.0 Å². The van der Waals surface area contributed by atoms with Crippen LogP contribution in [0.5, 0.6) is 23.0 Å². The fraction of sp³-hybridized carbons (Fsp3) is 0.206. The van der Waals surface area contributed by atoms with Crippen molar-refractivity contribution in [2.75, 3.05) is 21.3 Å². The summed E-state index contributed by atoms with van der Waals surface area (Å²) in [5.41, 5.74) is 3.77. The summed E-state index contributed by atoms with van der Waals surface area (Å²) in [6, 6.07) is 20.6. The summed E-state index contributed by atoms with van der Waals surface area (Å²) < 4.78 is 22.5.